The van der Waals surface area contributed by atoms with Crippen molar-refractivity contribution >= 4 is 22.4 Å². The lowest BCUT2D eigenvalue weighted by molar-refractivity contribution is -0.384. The summed E-state index contributed by atoms with van der Waals surface area (Å²) in [6, 6.07) is 16.2. The summed E-state index contributed by atoms with van der Waals surface area (Å²) in [5.41, 5.74) is 8.42. The van der Waals surface area contributed by atoms with E-state index in [0.29, 0.717) is 11.6 Å². The number of benzene rings is 2. The largest absolute Gasteiger partial charge is 0.384 e. The maximum atomic E-state index is 11.0. The molecule has 0 unspecified atom stereocenters. The Morgan fingerprint density at radius 3 is 2.64 bits per heavy atom. The van der Waals surface area contributed by atoms with Crippen LogP contribution in [0.2, 0.25) is 0 Å². The second-order valence-corrected chi connectivity index (χ2v) is 5.57. The molecular formula is C18H13N5O2. The number of non-ortho nitro benzene ring substituents is 1. The van der Waals surface area contributed by atoms with Crippen molar-refractivity contribution in [1.29, 1.82) is 0 Å². The van der Waals surface area contributed by atoms with Crippen LogP contribution in [0.15, 0.2) is 67.1 Å². The molecule has 0 aliphatic heterocycles. The van der Waals surface area contributed by atoms with Crippen molar-refractivity contribution in [3.05, 3.63) is 77.2 Å². The van der Waals surface area contributed by atoms with E-state index in [1.165, 1.54) is 12.4 Å². The highest BCUT2D eigenvalue weighted by molar-refractivity contribution is 5.87. The van der Waals surface area contributed by atoms with Crippen LogP contribution >= 0.6 is 0 Å². The molecule has 0 aliphatic carbocycles. The van der Waals surface area contributed by atoms with E-state index in [9.17, 15) is 10.1 Å². The van der Waals surface area contributed by atoms with E-state index in [1.54, 1.807) is 18.2 Å². The van der Waals surface area contributed by atoms with E-state index in [2.05, 4.69) is 9.97 Å². The van der Waals surface area contributed by atoms with Crippen molar-refractivity contribution in [3.8, 4) is 16.9 Å². The van der Waals surface area contributed by atoms with E-state index in [1.807, 2.05) is 41.1 Å². The number of rotatable bonds is 3. The molecule has 2 N–H and O–H groups in total. The van der Waals surface area contributed by atoms with Crippen LogP contribution in [-0.2, 0) is 0 Å². The fraction of sp³-hybridized carbons (Fsp3) is 0. The van der Waals surface area contributed by atoms with Gasteiger partial charge in [-0.1, -0.05) is 24.3 Å². The normalized spacial score (nSPS) is 10.9. The lowest BCUT2D eigenvalue weighted by atomic mass is 10.0. The number of hydrogen-bond acceptors (Lipinski definition) is 5. The third kappa shape index (κ3) is 2.67. The quantitative estimate of drug-likeness (QED) is 0.457. The molecule has 122 valence electrons. The van der Waals surface area contributed by atoms with Gasteiger partial charge >= 0.3 is 0 Å². The number of nitro groups is 1. The van der Waals surface area contributed by atoms with Crippen molar-refractivity contribution in [2.75, 3.05) is 5.73 Å². The maximum Gasteiger partial charge on any atom is 0.270 e. The molecule has 0 fully saturated rings. The Kier molecular flexibility index (Phi) is 3.39. The highest BCUT2D eigenvalue weighted by Gasteiger charge is 2.10. The summed E-state index contributed by atoms with van der Waals surface area (Å²) in [7, 11) is 0. The number of aromatic nitrogens is 3. The minimum absolute atomic E-state index is 0.0663. The van der Waals surface area contributed by atoms with Gasteiger partial charge < -0.3 is 10.3 Å². The van der Waals surface area contributed by atoms with Gasteiger partial charge in [0.15, 0.2) is 0 Å². The zero-order chi connectivity index (χ0) is 17.4. The number of fused-ring (bicyclic) bond motifs is 1. The summed E-state index contributed by atoms with van der Waals surface area (Å²) in [6.07, 6.45) is 3.32. The monoisotopic (exact) mass is 331 g/mol. The van der Waals surface area contributed by atoms with Gasteiger partial charge in [-0.2, -0.15) is 0 Å². The van der Waals surface area contributed by atoms with E-state index < -0.39 is 4.92 Å². The van der Waals surface area contributed by atoms with Gasteiger partial charge in [-0.3, -0.25) is 10.1 Å². The van der Waals surface area contributed by atoms with Crippen molar-refractivity contribution < 1.29 is 4.92 Å². The molecule has 0 bridgehead atoms. The first-order valence-electron chi connectivity index (χ1n) is 7.56. The topological polar surface area (TPSA) is 99.9 Å². The van der Waals surface area contributed by atoms with Gasteiger partial charge in [0.1, 0.15) is 18.0 Å². The van der Waals surface area contributed by atoms with Gasteiger partial charge in [-0.15, -0.1) is 0 Å². The van der Waals surface area contributed by atoms with Crippen LogP contribution in [0.1, 0.15) is 0 Å². The smallest absolute Gasteiger partial charge is 0.270 e. The molecule has 0 amide bonds. The van der Waals surface area contributed by atoms with Gasteiger partial charge in [-0.05, 0) is 23.3 Å². The van der Waals surface area contributed by atoms with Crippen LogP contribution < -0.4 is 5.73 Å². The molecule has 4 rings (SSSR count). The van der Waals surface area contributed by atoms with E-state index in [0.717, 1.165) is 22.0 Å². The third-order valence-electron chi connectivity index (χ3n) is 4.00. The molecular weight excluding hydrogens is 318 g/mol. The van der Waals surface area contributed by atoms with E-state index >= 15 is 0 Å². The van der Waals surface area contributed by atoms with Crippen LogP contribution in [0.4, 0.5) is 11.5 Å². The lowest BCUT2D eigenvalue weighted by Gasteiger charge is -2.07. The molecule has 7 nitrogen and oxygen atoms in total. The second kappa shape index (κ2) is 5.72. The molecule has 0 saturated carbocycles. The summed E-state index contributed by atoms with van der Waals surface area (Å²) in [5, 5.41) is 12.0. The Bertz CT molecular complexity index is 1100. The maximum absolute atomic E-state index is 11.0. The summed E-state index contributed by atoms with van der Waals surface area (Å²) < 4.78 is 1.91. The number of nitrogens with two attached hydrogens (primary N) is 1. The van der Waals surface area contributed by atoms with Crippen molar-refractivity contribution in [1.82, 2.24) is 14.5 Å². The third-order valence-corrected chi connectivity index (χ3v) is 4.00. The number of nitro benzene ring substituents is 1. The first-order chi connectivity index (χ1) is 12.1. The predicted molar refractivity (Wildman–Crippen MR) is 95.4 cm³/mol. The first kappa shape index (κ1) is 14.8. The molecule has 2 aromatic carbocycles. The molecule has 0 aliphatic rings. The minimum Gasteiger partial charge on any atom is -0.384 e. The fourth-order valence-corrected chi connectivity index (χ4v) is 2.80. The average Bonchev–Trinajstić information content (AvgIpc) is 3.05. The Morgan fingerprint density at radius 2 is 1.84 bits per heavy atom. The Morgan fingerprint density at radius 1 is 1.00 bits per heavy atom. The molecule has 2 aromatic heterocycles. The Labute approximate surface area is 142 Å². The summed E-state index contributed by atoms with van der Waals surface area (Å²) in [6.45, 7) is 0. The number of anilines is 1. The SMILES string of the molecule is Nc1cc(-n2ccc3ccc(-c4cccc([N+](=O)[O-])c4)cc32)ncn1. The standard InChI is InChI=1S/C18H13N5O2/c19-17-10-18(21-11-20-17)22-7-6-12-4-5-14(9-16(12)22)13-2-1-3-15(8-13)23(24)25/h1-11H,(H2,19,20,21). The summed E-state index contributed by atoms with van der Waals surface area (Å²) >= 11 is 0. The molecule has 0 atom stereocenters. The molecule has 2 heterocycles. The zero-order valence-corrected chi connectivity index (χ0v) is 13.0. The number of hydrogen-bond donors (Lipinski definition) is 1. The second-order valence-electron chi connectivity index (χ2n) is 5.57. The van der Waals surface area contributed by atoms with Crippen LogP contribution in [0.5, 0.6) is 0 Å². The average molecular weight is 331 g/mol. The van der Waals surface area contributed by atoms with Gasteiger partial charge in [0, 0.05) is 29.8 Å². The lowest BCUT2D eigenvalue weighted by Crippen LogP contribution is -1.99. The van der Waals surface area contributed by atoms with E-state index in [4.69, 9.17) is 5.73 Å². The highest BCUT2D eigenvalue weighted by Crippen LogP contribution is 2.28. The van der Waals surface area contributed by atoms with Gasteiger partial charge in [0.2, 0.25) is 0 Å². The van der Waals surface area contributed by atoms with Gasteiger partial charge in [-0.25, -0.2) is 9.97 Å². The molecule has 7 heteroatoms. The van der Waals surface area contributed by atoms with Crippen LogP contribution in [0, 0.1) is 10.1 Å². The summed E-state index contributed by atoms with van der Waals surface area (Å²) in [4.78, 5) is 18.8. The van der Waals surface area contributed by atoms with E-state index in [-0.39, 0.29) is 5.69 Å². The number of nitrogen functional groups attached to an aromatic ring is 1. The van der Waals surface area contributed by atoms with Crippen molar-refractivity contribution in [2.45, 2.75) is 0 Å². The molecule has 0 saturated heterocycles. The molecule has 4 aromatic rings. The molecule has 0 spiro atoms. The minimum atomic E-state index is -0.394. The van der Waals surface area contributed by atoms with Crippen LogP contribution in [-0.4, -0.2) is 19.5 Å². The fourth-order valence-electron chi connectivity index (χ4n) is 2.80. The van der Waals surface area contributed by atoms with Crippen LogP contribution in [0.3, 0.4) is 0 Å². The zero-order valence-electron chi connectivity index (χ0n) is 13.0. The van der Waals surface area contributed by atoms with Gasteiger partial charge in [0.25, 0.3) is 5.69 Å². The van der Waals surface area contributed by atoms with Crippen molar-refractivity contribution in [3.63, 3.8) is 0 Å². The first-order valence-corrected chi connectivity index (χ1v) is 7.56. The van der Waals surface area contributed by atoms with Crippen LogP contribution in [0.25, 0.3) is 27.8 Å². The Hall–Kier alpha value is -3.74. The number of nitrogens with zero attached hydrogens (tertiary/aromatic N) is 4. The summed E-state index contributed by atoms with van der Waals surface area (Å²) in [5.74, 6) is 1.06. The predicted octanol–water partition coefficient (Wildman–Crippen LogP) is 3.58. The molecule has 25 heavy (non-hydrogen) atoms. The molecule has 0 radical (unpaired) electrons. The Balaban J connectivity index is 1.86. The van der Waals surface area contributed by atoms with Gasteiger partial charge in [0.05, 0.1) is 10.4 Å². The van der Waals surface area contributed by atoms with Crippen molar-refractivity contribution in [2.24, 2.45) is 0 Å². The highest BCUT2D eigenvalue weighted by atomic mass is 16.6.